The summed E-state index contributed by atoms with van der Waals surface area (Å²) in [6.07, 6.45) is 4.74. The van der Waals surface area contributed by atoms with E-state index in [2.05, 4.69) is 38.8 Å². The highest BCUT2D eigenvalue weighted by molar-refractivity contribution is 8.02. The monoisotopic (exact) mass is 616 g/mol. The van der Waals surface area contributed by atoms with E-state index in [0.29, 0.717) is 19.4 Å². The van der Waals surface area contributed by atoms with E-state index in [4.69, 9.17) is 0 Å². The molecule has 5 atom stereocenters. The van der Waals surface area contributed by atoms with Gasteiger partial charge in [0.25, 0.3) is 5.91 Å². The number of aliphatic hydroxyl groups is 1. The zero-order chi connectivity index (χ0) is 31.6. The smallest absolute Gasteiger partial charge is 0.251 e. The number of β-amino-alcohol motifs (C(OH)–C–C–N with tert-alkyl or cyclic N) is 1. The van der Waals surface area contributed by atoms with Crippen molar-refractivity contribution in [3.05, 3.63) is 79.9 Å². The minimum Gasteiger partial charge on any atom is -0.395 e. The van der Waals surface area contributed by atoms with Crippen molar-refractivity contribution in [3.8, 4) is 0 Å². The molecule has 3 fully saturated rings. The van der Waals surface area contributed by atoms with Gasteiger partial charge in [-0.05, 0) is 70.0 Å². The van der Waals surface area contributed by atoms with Crippen LogP contribution in [-0.4, -0.2) is 82.6 Å². The second-order valence-corrected chi connectivity index (χ2v) is 13.9. The number of carbonyl (C=O) groups is 3. The molecule has 44 heavy (non-hydrogen) atoms. The molecule has 3 saturated heterocycles. The first kappa shape index (κ1) is 31.9. The van der Waals surface area contributed by atoms with Crippen LogP contribution in [0.4, 0.5) is 17.1 Å². The zero-order valence-corrected chi connectivity index (χ0v) is 26.8. The maximum absolute atomic E-state index is 14.7. The van der Waals surface area contributed by atoms with Gasteiger partial charge in [0.05, 0.1) is 23.2 Å². The fourth-order valence-corrected chi connectivity index (χ4v) is 10.0. The third-order valence-electron chi connectivity index (χ3n) is 9.63. The second kappa shape index (κ2) is 12.8. The average molecular weight is 617 g/mol. The summed E-state index contributed by atoms with van der Waals surface area (Å²) in [6, 6.07) is 16.6. The molecule has 2 aromatic carbocycles. The molecule has 2 aromatic rings. The Balaban J connectivity index is 1.54. The predicted octanol–water partition coefficient (Wildman–Crippen LogP) is 4.74. The Labute approximate surface area is 265 Å². The molecule has 0 saturated carbocycles. The molecular formula is C35H44N4O4S. The van der Waals surface area contributed by atoms with Crippen molar-refractivity contribution in [2.75, 3.05) is 54.0 Å². The number of fused-ring (bicyclic) bond motifs is 1. The number of para-hydroxylation sites is 1. The number of hydrogen-bond donors (Lipinski definition) is 1. The SMILES string of the molecule is C=CCN(C(=O)C1N(CCO)C(=O)[C@@H]2[C@H](C(=O)N(CC=C)c3ccccc3)[C@]3(C)CCC12S3)c1ccc(N(CC)CC)cc1. The van der Waals surface area contributed by atoms with Crippen LogP contribution in [0.3, 0.4) is 0 Å². The summed E-state index contributed by atoms with van der Waals surface area (Å²) in [5, 5.41) is 10.1. The van der Waals surface area contributed by atoms with Gasteiger partial charge in [0.1, 0.15) is 6.04 Å². The van der Waals surface area contributed by atoms with Crippen molar-refractivity contribution in [1.29, 1.82) is 0 Å². The Morgan fingerprint density at radius 1 is 0.932 bits per heavy atom. The van der Waals surface area contributed by atoms with Gasteiger partial charge in [-0.3, -0.25) is 14.4 Å². The standard InChI is InChI=1S/C35H44N4O4S/c1-6-21-37(26-13-11-10-12-14-26)31(41)28-29-32(42)39(23-24-40)30(35(29)20-19-34(28,5)44-35)33(43)38(22-7-2)27-17-15-25(16-18-27)36(8-3)9-4/h6-7,10-18,28-30,40H,1-2,8-9,19-24H2,3-5H3/t28-,29+,30?,34+,35?/m1/s1. The molecule has 5 rings (SSSR count). The predicted molar refractivity (Wildman–Crippen MR) is 179 cm³/mol. The van der Waals surface area contributed by atoms with Crippen molar-refractivity contribution in [1.82, 2.24) is 4.90 Å². The van der Waals surface area contributed by atoms with Crippen LogP contribution in [0.2, 0.25) is 0 Å². The van der Waals surface area contributed by atoms with Crippen molar-refractivity contribution < 1.29 is 19.5 Å². The highest BCUT2D eigenvalue weighted by Gasteiger charge is 2.77. The molecule has 1 spiro atoms. The van der Waals surface area contributed by atoms with Gasteiger partial charge >= 0.3 is 0 Å². The lowest BCUT2D eigenvalue weighted by molar-refractivity contribution is -0.140. The molecule has 0 aromatic heterocycles. The lowest BCUT2D eigenvalue weighted by Crippen LogP contribution is -2.55. The molecule has 3 amide bonds. The molecule has 0 radical (unpaired) electrons. The highest BCUT2D eigenvalue weighted by Crippen LogP contribution is 2.71. The Morgan fingerprint density at radius 2 is 1.50 bits per heavy atom. The Kier molecular flexibility index (Phi) is 9.28. The molecule has 2 bridgehead atoms. The number of anilines is 3. The van der Waals surface area contributed by atoms with Gasteiger partial charge in [0.15, 0.2) is 0 Å². The van der Waals surface area contributed by atoms with Crippen LogP contribution in [-0.2, 0) is 14.4 Å². The van der Waals surface area contributed by atoms with E-state index < -0.39 is 27.4 Å². The van der Waals surface area contributed by atoms with E-state index in [1.54, 1.807) is 38.6 Å². The van der Waals surface area contributed by atoms with Crippen LogP contribution in [0.5, 0.6) is 0 Å². The molecule has 2 unspecified atom stereocenters. The van der Waals surface area contributed by atoms with E-state index in [9.17, 15) is 19.5 Å². The first-order valence-electron chi connectivity index (χ1n) is 15.6. The van der Waals surface area contributed by atoms with Crippen LogP contribution >= 0.6 is 11.8 Å². The van der Waals surface area contributed by atoms with E-state index in [0.717, 1.165) is 30.2 Å². The molecule has 9 heteroatoms. The maximum Gasteiger partial charge on any atom is 0.251 e. The summed E-state index contributed by atoms with van der Waals surface area (Å²) in [5.41, 5.74) is 2.54. The number of hydrogen-bond acceptors (Lipinski definition) is 6. The normalized spacial score (nSPS) is 26.8. The highest BCUT2D eigenvalue weighted by atomic mass is 32.2. The molecule has 234 valence electrons. The lowest BCUT2D eigenvalue weighted by atomic mass is 9.66. The van der Waals surface area contributed by atoms with Crippen molar-refractivity contribution in [2.45, 2.75) is 49.1 Å². The summed E-state index contributed by atoms with van der Waals surface area (Å²) in [7, 11) is 0. The van der Waals surface area contributed by atoms with Gasteiger partial charge in [0, 0.05) is 54.5 Å². The number of benzene rings is 2. The Morgan fingerprint density at radius 3 is 2.07 bits per heavy atom. The molecule has 8 nitrogen and oxygen atoms in total. The zero-order valence-electron chi connectivity index (χ0n) is 26.0. The summed E-state index contributed by atoms with van der Waals surface area (Å²) in [6.45, 7) is 16.2. The van der Waals surface area contributed by atoms with E-state index in [1.165, 1.54) is 0 Å². The number of aliphatic hydroxyl groups excluding tert-OH is 1. The van der Waals surface area contributed by atoms with Gasteiger partial charge < -0.3 is 24.7 Å². The summed E-state index contributed by atoms with van der Waals surface area (Å²) in [5.74, 6) is -1.85. The second-order valence-electron chi connectivity index (χ2n) is 12.0. The first-order valence-corrected chi connectivity index (χ1v) is 16.4. The number of likely N-dealkylation sites (tertiary alicyclic amines) is 1. The fraction of sp³-hybridized carbons (Fsp3) is 0.457. The third-order valence-corrected chi connectivity index (χ3v) is 11.6. The fourth-order valence-electron chi connectivity index (χ4n) is 7.69. The van der Waals surface area contributed by atoms with E-state index >= 15 is 0 Å². The first-order chi connectivity index (χ1) is 21.2. The number of amides is 3. The lowest BCUT2D eigenvalue weighted by Gasteiger charge is -2.38. The van der Waals surface area contributed by atoms with Gasteiger partial charge in [-0.15, -0.1) is 24.9 Å². The van der Waals surface area contributed by atoms with Crippen LogP contribution in [0.25, 0.3) is 0 Å². The van der Waals surface area contributed by atoms with Crippen LogP contribution in [0, 0.1) is 11.8 Å². The maximum atomic E-state index is 14.7. The van der Waals surface area contributed by atoms with Gasteiger partial charge in [-0.1, -0.05) is 30.4 Å². The van der Waals surface area contributed by atoms with Gasteiger partial charge in [-0.2, -0.15) is 0 Å². The quantitative estimate of drug-likeness (QED) is 0.327. The van der Waals surface area contributed by atoms with E-state index in [1.807, 2.05) is 54.6 Å². The molecular weight excluding hydrogens is 572 g/mol. The Bertz CT molecular complexity index is 1400. The third kappa shape index (κ3) is 5.13. The number of carbonyl (C=O) groups excluding carboxylic acids is 3. The molecule has 0 aliphatic carbocycles. The number of rotatable bonds is 13. The number of thioether (sulfide) groups is 1. The molecule has 3 aliphatic rings. The molecule has 3 aliphatic heterocycles. The Hall–Kier alpha value is -3.56. The van der Waals surface area contributed by atoms with E-state index in [-0.39, 0.29) is 37.4 Å². The van der Waals surface area contributed by atoms with Gasteiger partial charge in [-0.25, -0.2) is 0 Å². The molecule has 3 heterocycles. The average Bonchev–Trinajstić information content (AvgIpc) is 3.60. The minimum atomic E-state index is -0.816. The van der Waals surface area contributed by atoms with Crippen molar-refractivity contribution in [2.24, 2.45) is 11.8 Å². The molecule has 1 N–H and O–H groups in total. The number of nitrogens with zero attached hydrogens (tertiary/aromatic N) is 4. The minimum absolute atomic E-state index is 0.0313. The van der Waals surface area contributed by atoms with Crippen LogP contribution in [0.1, 0.15) is 33.6 Å². The summed E-state index contributed by atoms with van der Waals surface area (Å²) < 4.78 is -1.29. The largest absolute Gasteiger partial charge is 0.395 e. The van der Waals surface area contributed by atoms with Crippen LogP contribution < -0.4 is 14.7 Å². The summed E-state index contributed by atoms with van der Waals surface area (Å²) in [4.78, 5) is 50.8. The summed E-state index contributed by atoms with van der Waals surface area (Å²) >= 11 is 1.63. The van der Waals surface area contributed by atoms with Gasteiger partial charge in [0.2, 0.25) is 11.8 Å². The van der Waals surface area contributed by atoms with Crippen molar-refractivity contribution >= 4 is 46.5 Å². The topological polar surface area (TPSA) is 84.4 Å². The van der Waals surface area contributed by atoms with Crippen molar-refractivity contribution in [3.63, 3.8) is 0 Å². The van der Waals surface area contributed by atoms with Crippen LogP contribution in [0.15, 0.2) is 79.9 Å².